The third-order valence-electron chi connectivity index (χ3n) is 6.11. The van der Waals surface area contributed by atoms with E-state index < -0.39 is 28.4 Å². The molecule has 0 aliphatic rings. The largest absolute Gasteiger partial charge is 0.494 e. The highest BCUT2D eigenvalue weighted by atomic mass is 16.5. The fraction of sp³-hybridized carbons (Fsp3) is 0.304. The molecule has 15 nitrogen and oxygen atoms in total. The number of hydrogen-bond donors (Lipinski definition) is 3. The number of ether oxygens (including phenoxy) is 2. The average Bonchev–Trinajstić information content (AvgIpc) is 3.23. The Labute approximate surface area is 213 Å². The lowest BCUT2D eigenvalue weighted by molar-refractivity contribution is 0.354. The molecule has 1 aromatic carbocycles. The molecule has 0 saturated carbocycles. The minimum absolute atomic E-state index is 0.0489. The first-order valence-corrected chi connectivity index (χ1v) is 11.3. The molecule has 0 aliphatic heterocycles. The number of hydrogen-bond acceptors (Lipinski definition) is 10. The van der Waals surface area contributed by atoms with Crippen LogP contribution in [0.25, 0.3) is 11.2 Å². The summed E-state index contributed by atoms with van der Waals surface area (Å²) in [4.78, 5) is 55.9. The summed E-state index contributed by atoms with van der Waals surface area (Å²) in [5, 5.41) is 14.6. The molecule has 0 spiro atoms. The number of hydrazone groups is 1. The summed E-state index contributed by atoms with van der Waals surface area (Å²) in [7, 11) is 7.42. The second kappa shape index (κ2) is 10.1. The van der Waals surface area contributed by atoms with Gasteiger partial charge in [0.05, 0.1) is 20.4 Å². The fourth-order valence-corrected chi connectivity index (χ4v) is 3.95. The number of aryl methyl sites for hydroxylation is 3. The molecule has 0 saturated heterocycles. The number of imidazole rings is 1. The van der Waals surface area contributed by atoms with Crippen molar-refractivity contribution in [3.63, 3.8) is 0 Å². The topological polar surface area (TPSA) is 180 Å². The molecule has 3 aromatic heterocycles. The van der Waals surface area contributed by atoms with Crippen molar-refractivity contribution >= 4 is 23.3 Å². The van der Waals surface area contributed by atoms with Gasteiger partial charge in [0.1, 0.15) is 5.56 Å². The number of methoxy groups -OCH3 is 2. The summed E-state index contributed by atoms with van der Waals surface area (Å²) in [6, 6.07) is 5.27. The third-order valence-corrected chi connectivity index (χ3v) is 6.11. The summed E-state index contributed by atoms with van der Waals surface area (Å²) in [6.45, 7) is 0.0489. The van der Waals surface area contributed by atoms with E-state index in [-0.39, 0.29) is 29.2 Å². The van der Waals surface area contributed by atoms with E-state index in [4.69, 9.17) is 9.47 Å². The maximum Gasteiger partial charge on any atom is 0.332 e. The Bertz CT molecular complexity index is 1810. The summed E-state index contributed by atoms with van der Waals surface area (Å²) in [6.07, 6.45) is 1.36. The van der Waals surface area contributed by atoms with E-state index in [0.717, 1.165) is 20.9 Å². The van der Waals surface area contributed by atoms with Crippen molar-refractivity contribution in [3.8, 4) is 17.4 Å². The number of benzene rings is 1. The molecule has 0 radical (unpaired) electrons. The second-order valence-electron chi connectivity index (χ2n) is 8.33. The van der Waals surface area contributed by atoms with Gasteiger partial charge in [0, 0.05) is 27.7 Å². The van der Waals surface area contributed by atoms with Gasteiger partial charge in [0.15, 0.2) is 22.7 Å². The maximum atomic E-state index is 12.5. The molecule has 4 aromatic rings. The Morgan fingerprint density at radius 2 is 1.76 bits per heavy atom. The predicted molar refractivity (Wildman–Crippen MR) is 139 cm³/mol. The van der Waals surface area contributed by atoms with Crippen molar-refractivity contribution in [3.05, 3.63) is 71.0 Å². The van der Waals surface area contributed by atoms with Crippen molar-refractivity contribution in [2.45, 2.75) is 13.0 Å². The van der Waals surface area contributed by atoms with E-state index >= 15 is 0 Å². The summed E-state index contributed by atoms with van der Waals surface area (Å²) in [5.41, 5.74) is 0.725. The minimum atomic E-state index is -0.846. The van der Waals surface area contributed by atoms with Gasteiger partial charge in [-0.2, -0.15) is 10.1 Å². The number of H-pyrrole nitrogens is 1. The highest BCUT2D eigenvalue weighted by Crippen LogP contribution is 2.28. The second-order valence-corrected chi connectivity index (χ2v) is 8.33. The maximum absolute atomic E-state index is 12.5. The molecule has 0 aliphatic carbocycles. The van der Waals surface area contributed by atoms with Crippen LogP contribution < -0.4 is 37.4 Å². The molecule has 0 amide bonds. The summed E-state index contributed by atoms with van der Waals surface area (Å²) >= 11 is 0. The van der Waals surface area contributed by atoms with Crippen LogP contribution in [0, 0.1) is 0 Å². The van der Waals surface area contributed by atoms with E-state index in [1.807, 2.05) is 0 Å². The number of nitrogens with one attached hydrogen (secondary N) is 2. The Morgan fingerprint density at radius 1 is 1.05 bits per heavy atom. The van der Waals surface area contributed by atoms with Gasteiger partial charge in [-0.05, 0) is 24.1 Å². The van der Waals surface area contributed by atoms with E-state index in [2.05, 4.69) is 20.5 Å². The Balaban J connectivity index is 1.61. The van der Waals surface area contributed by atoms with Gasteiger partial charge in [-0.15, -0.1) is 0 Å². The Kier molecular flexibility index (Phi) is 6.92. The minimum Gasteiger partial charge on any atom is -0.494 e. The Hall–Kier alpha value is -5.08. The van der Waals surface area contributed by atoms with Gasteiger partial charge < -0.3 is 19.1 Å². The van der Waals surface area contributed by atoms with Crippen molar-refractivity contribution in [2.24, 2.45) is 26.2 Å². The number of aromatic nitrogens is 6. The molecule has 38 heavy (non-hydrogen) atoms. The van der Waals surface area contributed by atoms with Crippen LogP contribution in [0.3, 0.4) is 0 Å². The average molecular weight is 527 g/mol. The SMILES string of the molecule is COc1ccc(CCn2c(O)c(/C=N/Nc3nc4c(c(=O)n(C)c(=O)n4C)n3C)c(=O)[nH]c2=O)cc1OC. The third kappa shape index (κ3) is 4.44. The number of fused-ring (bicyclic) bond motifs is 1. The van der Waals surface area contributed by atoms with Gasteiger partial charge in [-0.3, -0.25) is 28.3 Å². The van der Waals surface area contributed by atoms with Crippen LogP contribution in [0.1, 0.15) is 11.1 Å². The first-order chi connectivity index (χ1) is 18.1. The smallest absolute Gasteiger partial charge is 0.332 e. The molecular weight excluding hydrogens is 500 g/mol. The number of aromatic hydroxyl groups is 1. The first-order valence-electron chi connectivity index (χ1n) is 11.3. The first kappa shape index (κ1) is 26.0. The van der Waals surface area contributed by atoms with Crippen molar-refractivity contribution in [1.29, 1.82) is 0 Å². The van der Waals surface area contributed by atoms with Crippen molar-refractivity contribution in [2.75, 3.05) is 19.6 Å². The highest BCUT2D eigenvalue weighted by molar-refractivity contribution is 5.82. The standard InChI is InChI=1S/C23H26N8O7/c1-28-16-17(29(2)23(36)30(3)20(16)34)25-21(28)27-24-11-13-18(32)26-22(35)31(19(13)33)9-8-12-6-7-14(37-4)15(10-12)38-5/h6-7,10-11,33H,8-9H2,1-5H3,(H,25,27)(H,26,32,35)/b24-11+. The van der Waals surface area contributed by atoms with Crippen LogP contribution in [0.5, 0.6) is 17.4 Å². The zero-order valence-electron chi connectivity index (χ0n) is 21.3. The van der Waals surface area contributed by atoms with Crippen LogP contribution in [0.4, 0.5) is 5.95 Å². The number of aromatic amines is 1. The zero-order valence-corrected chi connectivity index (χ0v) is 21.3. The fourth-order valence-electron chi connectivity index (χ4n) is 3.95. The highest BCUT2D eigenvalue weighted by Gasteiger charge is 2.17. The summed E-state index contributed by atoms with van der Waals surface area (Å²) in [5.74, 6) is 0.592. The molecule has 0 bridgehead atoms. The molecule has 4 rings (SSSR count). The van der Waals surface area contributed by atoms with E-state index in [1.54, 1.807) is 25.2 Å². The molecular formula is C23H26N8O7. The lowest BCUT2D eigenvalue weighted by Crippen LogP contribution is -2.37. The molecule has 200 valence electrons. The molecule has 3 N–H and O–H groups in total. The lowest BCUT2D eigenvalue weighted by atomic mass is 10.1. The van der Waals surface area contributed by atoms with Crippen LogP contribution in [0.2, 0.25) is 0 Å². The predicted octanol–water partition coefficient (Wildman–Crippen LogP) is -0.768. The zero-order chi connectivity index (χ0) is 27.7. The molecule has 0 atom stereocenters. The molecule has 3 heterocycles. The van der Waals surface area contributed by atoms with Crippen LogP contribution in [-0.2, 0) is 34.1 Å². The van der Waals surface area contributed by atoms with Crippen LogP contribution in [-0.4, -0.2) is 53.8 Å². The van der Waals surface area contributed by atoms with E-state index in [9.17, 15) is 24.3 Å². The van der Waals surface area contributed by atoms with Crippen LogP contribution in [0.15, 0.2) is 42.5 Å². The van der Waals surface area contributed by atoms with Crippen LogP contribution >= 0.6 is 0 Å². The lowest BCUT2D eigenvalue weighted by Gasteiger charge is -2.12. The van der Waals surface area contributed by atoms with Gasteiger partial charge in [0.2, 0.25) is 11.8 Å². The van der Waals surface area contributed by atoms with Crippen molar-refractivity contribution < 1.29 is 14.6 Å². The Morgan fingerprint density at radius 3 is 2.45 bits per heavy atom. The van der Waals surface area contributed by atoms with Crippen molar-refractivity contribution in [1.82, 2.24) is 28.2 Å². The van der Waals surface area contributed by atoms with Gasteiger partial charge >= 0.3 is 11.4 Å². The normalized spacial score (nSPS) is 11.4. The molecule has 15 heteroatoms. The van der Waals surface area contributed by atoms with Gasteiger partial charge in [0.25, 0.3) is 11.1 Å². The molecule has 0 unspecified atom stereocenters. The van der Waals surface area contributed by atoms with E-state index in [0.29, 0.717) is 17.9 Å². The van der Waals surface area contributed by atoms with E-state index in [1.165, 1.54) is 37.4 Å². The quantitative estimate of drug-likeness (QED) is 0.196. The number of rotatable bonds is 8. The van der Waals surface area contributed by atoms with Gasteiger partial charge in [-0.1, -0.05) is 6.07 Å². The summed E-state index contributed by atoms with van der Waals surface area (Å²) < 4.78 is 15.1. The monoisotopic (exact) mass is 526 g/mol. The number of anilines is 1. The molecule has 0 fully saturated rings. The number of nitrogens with zero attached hydrogens (tertiary/aromatic N) is 6. The van der Waals surface area contributed by atoms with Gasteiger partial charge in [-0.25, -0.2) is 15.0 Å².